The maximum atomic E-state index is 12.3. The van der Waals surface area contributed by atoms with Gasteiger partial charge in [0.2, 0.25) is 0 Å². The highest BCUT2D eigenvalue weighted by molar-refractivity contribution is 7.45. The average Bonchev–Trinajstić information content (AvgIpc) is 2.89. The maximum absolute atomic E-state index is 12.3. The Balaban J connectivity index is 4.09. The molecule has 0 aliphatic heterocycles. The Bertz CT molecular complexity index is 509. The zero-order valence-electron chi connectivity index (χ0n) is 26.3. The highest BCUT2D eigenvalue weighted by Gasteiger charge is 2.19. The zero-order valence-corrected chi connectivity index (χ0v) is 27.2. The second-order valence-electron chi connectivity index (χ2n) is 11.3. The van der Waals surface area contributed by atoms with Crippen molar-refractivity contribution in [1.29, 1.82) is 0 Å². The van der Waals surface area contributed by atoms with Gasteiger partial charge in [0, 0.05) is 19.8 Å². The van der Waals surface area contributed by atoms with Crippen molar-refractivity contribution in [2.24, 2.45) is 0 Å². The van der Waals surface area contributed by atoms with Gasteiger partial charge >= 0.3 is 0 Å². The summed E-state index contributed by atoms with van der Waals surface area (Å²) in [6.07, 6.45) is 24.7. The first-order valence-electron chi connectivity index (χ1n) is 16.4. The van der Waals surface area contributed by atoms with Gasteiger partial charge in [0.05, 0.1) is 19.8 Å². The molecule has 8 heteroatoms. The molecule has 0 aliphatic rings. The second-order valence-corrected chi connectivity index (χ2v) is 12.7. The Morgan fingerprint density at radius 3 is 1.31 bits per heavy atom. The molecule has 0 spiro atoms. The number of likely N-dealkylation sites (N-methyl/N-ethyl adjacent to an activating group) is 1. The molecule has 0 aromatic carbocycles. The molecule has 0 aliphatic carbocycles. The average molecular weight is 579 g/mol. The molecular weight excluding hydrogens is 513 g/mol. The largest absolute Gasteiger partial charge is 0.756 e. The van der Waals surface area contributed by atoms with E-state index in [9.17, 15) is 9.46 Å². The maximum Gasteiger partial charge on any atom is 0.268 e. The summed E-state index contributed by atoms with van der Waals surface area (Å²) in [5.74, 6) is 0. The Morgan fingerprint density at radius 2 is 0.949 bits per heavy atom. The number of phosphoric ester groups is 1. The van der Waals surface area contributed by atoms with Gasteiger partial charge < -0.3 is 28.3 Å². The molecule has 0 fully saturated rings. The van der Waals surface area contributed by atoms with Crippen LogP contribution in [0.5, 0.6) is 0 Å². The van der Waals surface area contributed by atoms with Gasteiger partial charge in [-0.15, -0.1) is 0 Å². The molecule has 0 heterocycles. The van der Waals surface area contributed by atoms with Gasteiger partial charge in [-0.2, -0.15) is 0 Å². The van der Waals surface area contributed by atoms with Gasteiger partial charge in [-0.25, -0.2) is 0 Å². The van der Waals surface area contributed by atoms with E-state index in [1.807, 2.05) is 19.0 Å². The van der Waals surface area contributed by atoms with E-state index in [0.717, 1.165) is 25.7 Å². The van der Waals surface area contributed by atoms with E-state index in [-0.39, 0.29) is 19.8 Å². The summed E-state index contributed by atoms with van der Waals surface area (Å²) < 4.78 is 34.2. The van der Waals surface area contributed by atoms with Crippen LogP contribution in [-0.2, 0) is 23.1 Å². The van der Waals surface area contributed by atoms with Crippen molar-refractivity contribution >= 4 is 7.82 Å². The summed E-state index contributed by atoms with van der Waals surface area (Å²) in [6, 6.07) is 0. The molecule has 0 saturated heterocycles. The molecule has 0 N–H and O–H groups in total. The van der Waals surface area contributed by atoms with Gasteiger partial charge in [-0.05, 0) is 26.9 Å². The third-order valence-corrected chi connectivity index (χ3v) is 8.01. The lowest BCUT2D eigenvalue weighted by Gasteiger charge is -2.28. The fourth-order valence-electron chi connectivity index (χ4n) is 4.47. The highest BCUT2D eigenvalue weighted by Crippen LogP contribution is 2.39. The lowest BCUT2D eigenvalue weighted by Crippen LogP contribution is -2.28. The molecule has 236 valence electrons. The third-order valence-electron chi connectivity index (χ3n) is 6.96. The van der Waals surface area contributed by atoms with E-state index in [4.69, 9.17) is 18.5 Å². The molecular formula is C31H65NO6P-. The van der Waals surface area contributed by atoms with Crippen LogP contribution in [0, 0.1) is 0 Å². The van der Waals surface area contributed by atoms with E-state index in [2.05, 4.69) is 13.8 Å². The highest BCUT2D eigenvalue weighted by atomic mass is 31.2. The van der Waals surface area contributed by atoms with E-state index in [0.29, 0.717) is 19.8 Å². The van der Waals surface area contributed by atoms with Crippen molar-refractivity contribution in [2.45, 2.75) is 148 Å². The molecule has 0 saturated carbocycles. The van der Waals surface area contributed by atoms with Crippen LogP contribution in [0.25, 0.3) is 0 Å². The van der Waals surface area contributed by atoms with Crippen molar-refractivity contribution in [3.63, 3.8) is 0 Å². The first-order valence-corrected chi connectivity index (χ1v) is 17.8. The Morgan fingerprint density at radius 1 is 0.590 bits per heavy atom. The molecule has 39 heavy (non-hydrogen) atoms. The van der Waals surface area contributed by atoms with Crippen molar-refractivity contribution in [2.75, 3.05) is 53.7 Å². The lowest BCUT2D eigenvalue weighted by atomic mass is 10.1. The number of hydrogen-bond donors (Lipinski definition) is 0. The summed E-state index contributed by atoms with van der Waals surface area (Å²) >= 11 is 0. The second kappa shape index (κ2) is 29.5. The van der Waals surface area contributed by atoms with Crippen molar-refractivity contribution in [3.8, 4) is 0 Å². The minimum Gasteiger partial charge on any atom is -0.756 e. The quantitative estimate of drug-likeness (QED) is 0.0587. The van der Waals surface area contributed by atoms with Crippen molar-refractivity contribution < 1.29 is 28.0 Å². The fraction of sp³-hybridized carbons (Fsp3) is 1.00. The van der Waals surface area contributed by atoms with E-state index in [1.165, 1.54) is 103 Å². The number of rotatable bonds is 32. The predicted molar refractivity (Wildman–Crippen MR) is 162 cm³/mol. The van der Waals surface area contributed by atoms with E-state index < -0.39 is 13.9 Å². The third kappa shape index (κ3) is 30.8. The number of nitrogens with zero attached hydrogens (tertiary/aromatic N) is 1. The van der Waals surface area contributed by atoms with Crippen LogP contribution in [0.4, 0.5) is 0 Å². The topological polar surface area (TPSA) is 80.3 Å². The molecule has 0 aromatic heterocycles. The summed E-state index contributed by atoms with van der Waals surface area (Å²) in [6.45, 7) is 6.69. The summed E-state index contributed by atoms with van der Waals surface area (Å²) in [4.78, 5) is 14.2. The van der Waals surface area contributed by atoms with Gasteiger partial charge in [0.1, 0.15) is 6.10 Å². The van der Waals surface area contributed by atoms with Gasteiger partial charge in [0.25, 0.3) is 7.82 Å². The Hall–Kier alpha value is -0.0100. The van der Waals surface area contributed by atoms with Crippen molar-refractivity contribution in [1.82, 2.24) is 4.90 Å². The number of unbranched alkanes of at least 4 members (excludes halogenated alkanes) is 18. The first kappa shape index (κ1) is 39.0. The zero-order chi connectivity index (χ0) is 28.9. The molecule has 0 rings (SSSR count). The van der Waals surface area contributed by atoms with E-state index in [1.54, 1.807) is 0 Å². The lowest BCUT2D eigenvalue weighted by molar-refractivity contribution is -0.233. The summed E-state index contributed by atoms with van der Waals surface area (Å²) in [5.41, 5.74) is 0. The summed E-state index contributed by atoms with van der Waals surface area (Å²) in [7, 11) is -0.677. The van der Waals surface area contributed by atoms with Crippen molar-refractivity contribution in [3.05, 3.63) is 0 Å². The molecule has 0 amide bonds. The monoisotopic (exact) mass is 578 g/mol. The number of phosphoric acid groups is 1. The minimum absolute atomic E-state index is 0.0689. The van der Waals surface area contributed by atoms with E-state index >= 15 is 0 Å². The molecule has 0 bridgehead atoms. The van der Waals surface area contributed by atoms with Crippen LogP contribution in [0.3, 0.4) is 0 Å². The van der Waals surface area contributed by atoms with Crippen LogP contribution in [-0.4, -0.2) is 64.7 Å². The van der Waals surface area contributed by atoms with Crippen LogP contribution in [0.1, 0.15) is 142 Å². The smallest absolute Gasteiger partial charge is 0.268 e. The van der Waals surface area contributed by atoms with Crippen LogP contribution in [0.2, 0.25) is 0 Å². The van der Waals surface area contributed by atoms with Crippen LogP contribution < -0.4 is 4.89 Å². The molecule has 0 aromatic rings. The molecule has 1 unspecified atom stereocenters. The Kier molecular flexibility index (Phi) is 29.5. The molecule has 0 radical (unpaired) electrons. The Labute approximate surface area is 242 Å². The molecule has 1 atom stereocenters. The summed E-state index contributed by atoms with van der Waals surface area (Å²) in [5, 5.41) is 0. The normalized spacial score (nSPS) is 13.5. The molecule has 7 nitrogen and oxygen atoms in total. The standard InChI is InChI=1S/C31H66NO6P/c1-5-7-9-11-13-15-17-19-21-23-26-35-29-31(38-39(33,34)37-28-25-32(3)4)30-36-27-24-22-20-18-16-14-12-10-8-6-2/h31H,5-30H2,1-4H3,(H,33,34)/p-1. The number of ether oxygens (including phenoxy) is 2. The number of hydrogen-bond acceptors (Lipinski definition) is 7. The SMILES string of the molecule is CCCCCCCCCCCCOCC(COCCCCCCCCCCCC)OP(=O)([O-])OCCN(C)C. The minimum atomic E-state index is -4.41. The van der Waals surface area contributed by atoms with Crippen LogP contribution >= 0.6 is 7.82 Å². The van der Waals surface area contributed by atoms with Gasteiger partial charge in [0.15, 0.2) is 0 Å². The first-order chi connectivity index (χ1) is 18.9. The van der Waals surface area contributed by atoms with Crippen LogP contribution in [0.15, 0.2) is 0 Å². The predicted octanol–water partition coefficient (Wildman–Crippen LogP) is 8.29. The fourth-order valence-corrected chi connectivity index (χ4v) is 5.32. The van der Waals surface area contributed by atoms with Gasteiger partial charge in [-0.3, -0.25) is 4.57 Å². The van der Waals surface area contributed by atoms with Gasteiger partial charge in [-0.1, -0.05) is 129 Å².